The van der Waals surface area contributed by atoms with Crippen LogP contribution in [-0.4, -0.2) is 22.0 Å². The standard InChI is InChI=1S/C9H14N4O/c1-5-12-7-6(10-4-11-7)9(2,3)8(14)13-5/h4-5,12H,1-3H3,(H,10,11)(H,13,14). The van der Waals surface area contributed by atoms with Gasteiger partial charge < -0.3 is 15.6 Å². The number of aromatic amines is 1. The number of nitrogens with one attached hydrogen (secondary N) is 3. The normalized spacial score (nSPS) is 24.5. The van der Waals surface area contributed by atoms with Gasteiger partial charge in [0.2, 0.25) is 5.91 Å². The number of aromatic nitrogens is 2. The van der Waals surface area contributed by atoms with Crippen molar-refractivity contribution in [2.45, 2.75) is 32.4 Å². The summed E-state index contributed by atoms with van der Waals surface area (Å²) in [5, 5.41) is 5.97. The number of hydrogen-bond donors (Lipinski definition) is 3. The summed E-state index contributed by atoms with van der Waals surface area (Å²) in [5.41, 5.74) is 0.267. The van der Waals surface area contributed by atoms with Gasteiger partial charge in [-0.15, -0.1) is 0 Å². The molecule has 3 N–H and O–H groups in total. The second-order valence-corrected chi connectivity index (χ2v) is 4.09. The highest BCUT2D eigenvalue weighted by molar-refractivity contribution is 5.89. The molecular weight excluding hydrogens is 180 g/mol. The van der Waals surface area contributed by atoms with E-state index in [4.69, 9.17) is 0 Å². The van der Waals surface area contributed by atoms with E-state index in [0.717, 1.165) is 11.5 Å². The number of fused-ring (bicyclic) bond motifs is 1. The number of carbonyl (C=O) groups is 1. The van der Waals surface area contributed by atoms with Gasteiger partial charge in [0.05, 0.1) is 23.6 Å². The lowest BCUT2D eigenvalue weighted by atomic mass is 9.88. The first-order chi connectivity index (χ1) is 6.51. The summed E-state index contributed by atoms with van der Waals surface area (Å²) < 4.78 is 0. The summed E-state index contributed by atoms with van der Waals surface area (Å²) >= 11 is 0. The van der Waals surface area contributed by atoms with Gasteiger partial charge in [0.25, 0.3) is 0 Å². The predicted octanol–water partition coefficient (Wildman–Crippen LogP) is 0.575. The number of amides is 1. The van der Waals surface area contributed by atoms with Crippen LogP contribution in [0.2, 0.25) is 0 Å². The Morgan fingerprint density at radius 1 is 1.43 bits per heavy atom. The van der Waals surface area contributed by atoms with Gasteiger partial charge in [-0.25, -0.2) is 4.98 Å². The number of carbonyl (C=O) groups excluding carboxylic acids is 1. The van der Waals surface area contributed by atoms with Crippen molar-refractivity contribution in [2.75, 3.05) is 5.32 Å². The molecular formula is C9H14N4O. The van der Waals surface area contributed by atoms with Crippen molar-refractivity contribution >= 4 is 11.7 Å². The van der Waals surface area contributed by atoms with E-state index in [1.165, 1.54) is 0 Å². The maximum absolute atomic E-state index is 11.8. The fourth-order valence-electron chi connectivity index (χ4n) is 1.61. The third-order valence-corrected chi connectivity index (χ3v) is 2.53. The van der Waals surface area contributed by atoms with E-state index in [0.29, 0.717) is 0 Å². The molecule has 0 aromatic carbocycles. The number of rotatable bonds is 0. The van der Waals surface area contributed by atoms with Gasteiger partial charge in [0, 0.05) is 0 Å². The molecule has 76 valence electrons. The molecule has 1 atom stereocenters. The Hall–Kier alpha value is -1.52. The molecule has 2 heterocycles. The van der Waals surface area contributed by atoms with Crippen LogP contribution < -0.4 is 10.6 Å². The lowest BCUT2D eigenvalue weighted by Crippen LogP contribution is -2.43. The van der Waals surface area contributed by atoms with Gasteiger partial charge in [-0.2, -0.15) is 0 Å². The first-order valence-corrected chi connectivity index (χ1v) is 4.63. The summed E-state index contributed by atoms with van der Waals surface area (Å²) in [7, 11) is 0. The van der Waals surface area contributed by atoms with E-state index in [1.807, 2.05) is 20.8 Å². The van der Waals surface area contributed by atoms with Gasteiger partial charge in [0.15, 0.2) is 0 Å². The van der Waals surface area contributed by atoms with Crippen LogP contribution in [0.5, 0.6) is 0 Å². The van der Waals surface area contributed by atoms with Gasteiger partial charge in [-0.1, -0.05) is 0 Å². The molecule has 1 aliphatic rings. The van der Waals surface area contributed by atoms with Crippen molar-refractivity contribution < 1.29 is 4.79 Å². The maximum atomic E-state index is 11.8. The van der Waals surface area contributed by atoms with E-state index >= 15 is 0 Å². The van der Waals surface area contributed by atoms with Crippen molar-refractivity contribution in [3.05, 3.63) is 12.0 Å². The maximum Gasteiger partial charge on any atom is 0.233 e. The first-order valence-electron chi connectivity index (χ1n) is 4.63. The van der Waals surface area contributed by atoms with Crippen molar-refractivity contribution in [2.24, 2.45) is 0 Å². The molecule has 5 nitrogen and oxygen atoms in total. The van der Waals surface area contributed by atoms with Crippen LogP contribution in [0.1, 0.15) is 26.5 Å². The molecule has 14 heavy (non-hydrogen) atoms. The smallest absolute Gasteiger partial charge is 0.233 e. The van der Waals surface area contributed by atoms with Gasteiger partial charge in [0.1, 0.15) is 5.82 Å². The summed E-state index contributed by atoms with van der Waals surface area (Å²) in [6, 6.07) is 0. The van der Waals surface area contributed by atoms with Gasteiger partial charge in [-0.3, -0.25) is 4.79 Å². The highest BCUT2D eigenvalue weighted by atomic mass is 16.2. The Balaban J connectivity index is 2.52. The summed E-state index contributed by atoms with van der Waals surface area (Å²) in [6.45, 7) is 5.63. The topological polar surface area (TPSA) is 69.8 Å². The van der Waals surface area contributed by atoms with Crippen LogP contribution in [0.4, 0.5) is 5.82 Å². The van der Waals surface area contributed by atoms with Crippen molar-refractivity contribution in [3.8, 4) is 0 Å². The summed E-state index contributed by atoms with van der Waals surface area (Å²) in [5.74, 6) is 0.751. The minimum absolute atomic E-state index is 0.000463. The molecule has 0 saturated heterocycles. The first kappa shape index (κ1) is 9.05. The molecule has 5 heteroatoms. The predicted molar refractivity (Wildman–Crippen MR) is 52.8 cm³/mol. The molecule has 0 saturated carbocycles. The number of H-pyrrole nitrogens is 1. The quantitative estimate of drug-likeness (QED) is 0.565. The van der Waals surface area contributed by atoms with E-state index in [9.17, 15) is 4.79 Å². The fourth-order valence-corrected chi connectivity index (χ4v) is 1.61. The van der Waals surface area contributed by atoms with Crippen LogP contribution in [0.3, 0.4) is 0 Å². The van der Waals surface area contributed by atoms with Gasteiger partial charge >= 0.3 is 0 Å². The third-order valence-electron chi connectivity index (χ3n) is 2.53. The average molecular weight is 194 g/mol. The van der Waals surface area contributed by atoms with Crippen molar-refractivity contribution in [1.29, 1.82) is 0 Å². The van der Waals surface area contributed by atoms with Crippen LogP contribution in [0.15, 0.2) is 6.33 Å². The minimum Gasteiger partial charge on any atom is -0.349 e. The Morgan fingerprint density at radius 2 is 2.14 bits per heavy atom. The zero-order valence-electron chi connectivity index (χ0n) is 8.51. The van der Waals surface area contributed by atoms with Crippen molar-refractivity contribution in [1.82, 2.24) is 15.3 Å². The van der Waals surface area contributed by atoms with Crippen LogP contribution in [0.25, 0.3) is 0 Å². The Morgan fingerprint density at radius 3 is 2.86 bits per heavy atom. The molecule has 0 fully saturated rings. The highest BCUT2D eigenvalue weighted by Gasteiger charge is 2.37. The summed E-state index contributed by atoms with van der Waals surface area (Å²) in [4.78, 5) is 19.0. The molecule has 1 aromatic heterocycles. The van der Waals surface area contributed by atoms with Crippen LogP contribution in [0, 0.1) is 0 Å². The molecule has 2 rings (SSSR count). The van der Waals surface area contributed by atoms with E-state index in [2.05, 4.69) is 20.6 Å². The van der Waals surface area contributed by atoms with E-state index in [1.54, 1.807) is 6.33 Å². The highest BCUT2D eigenvalue weighted by Crippen LogP contribution is 2.29. The molecule has 1 unspecified atom stereocenters. The van der Waals surface area contributed by atoms with Crippen LogP contribution >= 0.6 is 0 Å². The Kier molecular flexibility index (Phi) is 1.77. The Labute approximate surface area is 82.3 Å². The lowest BCUT2D eigenvalue weighted by molar-refractivity contribution is -0.126. The minimum atomic E-state index is -0.566. The molecule has 1 aliphatic heterocycles. The molecule has 0 aliphatic carbocycles. The second kappa shape index (κ2) is 2.73. The number of hydrogen-bond acceptors (Lipinski definition) is 3. The number of anilines is 1. The monoisotopic (exact) mass is 194 g/mol. The SMILES string of the molecule is CC1NC(=O)C(C)(C)c2[nH]cnc2N1. The Bertz CT molecular complexity index is 369. The van der Waals surface area contributed by atoms with Crippen LogP contribution in [-0.2, 0) is 10.2 Å². The number of nitrogens with zero attached hydrogens (tertiary/aromatic N) is 1. The zero-order chi connectivity index (χ0) is 10.3. The number of imidazole rings is 1. The molecule has 0 radical (unpaired) electrons. The third kappa shape index (κ3) is 1.16. The van der Waals surface area contributed by atoms with E-state index < -0.39 is 5.41 Å². The zero-order valence-corrected chi connectivity index (χ0v) is 8.51. The van der Waals surface area contributed by atoms with Crippen molar-refractivity contribution in [3.63, 3.8) is 0 Å². The van der Waals surface area contributed by atoms with Gasteiger partial charge in [-0.05, 0) is 20.8 Å². The second-order valence-electron chi connectivity index (χ2n) is 4.09. The fraction of sp³-hybridized carbons (Fsp3) is 0.556. The molecule has 0 bridgehead atoms. The van der Waals surface area contributed by atoms with E-state index in [-0.39, 0.29) is 12.1 Å². The summed E-state index contributed by atoms with van der Waals surface area (Å²) in [6.07, 6.45) is 1.51. The molecule has 1 amide bonds. The average Bonchev–Trinajstić information content (AvgIpc) is 2.49. The lowest BCUT2D eigenvalue weighted by Gasteiger charge is -2.20. The largest absolute Gasteiger partial charge is 0.349 e. The molecule has 1 aromatic rings. The molecule has 0 spiro atoms.